The molecule has 7 nitrogen and oxygen atoms in total. The Bertz CT molecular complexity index is 1400. The molecule has 178 valence electrons. The number of benzene rings is 2. The van der Waals surface area contributed by atoms with Crippen molar-refractivity contribution in [2.24, 2.45) is 0 Å². The molecule has 1 N–H and O–H groups in total. The van der Waals surface area contributed by atoms with Crippen molar-refractivity contribution in [3.8, 4) is 11.5 Å². The molecule has 0 spiro atoms. The summed E-state index contributed by atoms with van der Waals surface area (Å²) >= 11 is 0. The van der Waals surface area contributed by atoms with Crippen molar-refractivity contribution in [2.75, 3.05) is 0 Å². The number of nitrogens with one attached hydrogen (secondary N) is 1. The summed E-state index contributed by atoms with van der Waals surface area (Å²) in [5, 5.41) is 7.31. The van der Waals surface area contributed by atoms with Crippen LogP contribution in [0.1, 0.15) is 28.5 Å². The van der Waals surface area contributed by atoms with Crippen LogP contribution in [0.5, 0.6) is 0 Å². The van der Waals surface area contributed by atoms with Crippen LogP contribution in [0.25, 0.3) is 11.5 Å². The number of hydrogen-bond donors (Lipinski definition) is 1. The molecule has 0 saturated carbocycles. The van der Waals surface area contributed by atoms with Crippen LogP contribution >= 0.6 is 0 Å². The minimum atomic E-state index is -1.35. The molecule has 1 atom stereocenters. The third-order valence-electron chi connectivity index (χ3n) is 6.13. The lowest BCUT2D eigenvalue weighted by Crippen LogP contribution is -2.63. The van der Waals surface area contributed by atoms with E-state index in [4.69, 9.17) is 4.42 Å². The van der Waals surface area contributed by atoms with Gasteiger partial charge in [-0.25, -0.2) is 8.78 Å². The molecule has 1 aliphatic rings. The van der Waals surface area contributed by atoms with Crippen molar-refractivity contribution in [2.45, 2.75) is 32.1 Å². The first-order valence-electron chi connectivity index (χ1n) is 11.0. The highest BCUT2D eigenvalue weighted by molar-refractivity contribution is 6.00. The second-order valence-corrected chi connectivity index (χ2v) is 8.66. The Morgan fingerprint density at radius 1 is 1.06 bits per heavy atom. The van der Waals surface area contributed by atoms with E-state index in [1.165, 1.54) is 40.1 Å². The highest BCUT2D eigenvalue weighted by Crippen LogP contribution is 2.31. The maximum atomic E-state index is 13.9. The van der Waals surface area contributed by atoms with E-state index in [9.17, 15) is 18.4 Å². The van der Waals surface area contributed by atoms with Crippen molar-refractivity contribution < 1.29 is 22.8 Å². The number of aromatic nitrogens is 2. The van der Waals surface area contributed by atoms with Gasteiger partial charge in [-0.2, -0.15) is 5.10 Å². The molecule has 0 saturated heterocycles. The molecule has 0 unspecified atom stereocenters. The van der Waals surface area contributed by atoms with E-state index in [1.54, 1.807) is 49.4 Å². The molecular weight excluding hydrogens is 454 g/mol. The summed E-state index contributed by atoms with van der Waals surface area (Å²) in [6.45, 7) is 1.81. The normalized spacial score (nSPS) is 17.3. The monoisotopic (exact) mass is 476 g/mol. The summed E-state index contributed by atoms with van der Waals surface area (Å²) in [5.41, 5.74) is 0.537. The van der Waals surface area contributed by atoms with Gasteiger partial charge < -0.3 is 14.6 Å². The Morgan fingerprint density at radius 3 is 2.46 bits per heavy atom. The molecule has 1 aliphatic heterocycles. The summed E-state index contributed by atoms with van der Waals surface area (Å²) in [5.74, 6) is -1.21. The van der Waals surface area contributed by atoms with Gasteiger partial charge in [0, 0.05) is 19.2 Å². The highest BCUT2D eigenvalue weighted by atomic mass is 19.1. The highest BCUT2D eigenvalue weighted by Gasteiger charge is 2.48. The lowest BCUT2D eigenvalue weighted by molar-refractivity contribution is -0.133. The second-order valence-electron chi connectivity index (χ2n) is 8.66. The molecule has 2 amide bonds. The van der Waals surface area contributed by atoms with Crippen molar-refractivity contribution in [1.82, 2.24) is 20.0 Å². The van der Waals surface area contributed by atoms with Gasteiger partial charge in [-0.15, -0.1) is 0 Å². The van der Waals surface area contributed by atoms with Crippen molar-refractivity contribution >= 4 is 11.8 Å². The van der Waals surface area contributed by atoms with Crippen molar-refractivity contribution in [3.63, 3.8) is 0 Å². The van der Waals surface area contributed by atoms with Crippen LogP contribution in [0.3, 0.4) is 0 Å². The third kappa shape index (κ3) is 4.32. The van der Waals surface area contributed by atoms with Crippen molar-refractivity contribution in [1.29, 1.82) is 0 Å². The van der Waals surface area contributed by atoms with Gasteiger partial charge in [-0.1, -0.05) is 24.3 Å². The lowest BCUT2D eigenvalue weighted by atomic mass is 9.94. The summed E-state index contributed by atoms with van der Waals surface area (Å²) < 4.78 is 34.4. The number of carbonyl (C=O) groups excluding carboxylic acids is 2. The molecule has 2 aromatic carbocycles. The van der Waals surface area contributed by atoms with E-state index in [2.05, 4.69) is 10.4 Å². The molecular formula is C26H22F2N4O3. The van der Waals surface area contributed by atoms with Crippen LogP contribution in [0.4, 0.5) is 8.78 Å². The van der Waals surface area contributed by atoms with Gasteiger partial charge in [0.05, 0.1) is 12.8 Å². The van der Waals surface area contributed by atoms with Crippen LogP contribution in [-0.4, -0.2) is 32.0 Å². The zero-order valence-electron chi connectivity index (χ0n) is 18.9. The number of halogens is 2. The molecule has 5 rings (SSSR count). The molecule has 35 heavy (non-hydrogen) atoms. The average Bonchev–Trinajstić information content (AvgIpc) is 3.50. The fourth-order valence-electron chi connectivity index (χ4n) is 4.27. The zero-order valence-corrected chi connectivity index (χ0v) is 18.9. The molecule has 2 aromatic heterocycles. The first-order valence-corrected chi connectivity index (χ1v) is 11.0. The quantitative estimate of drug-likeness (QED) is 0.453. The Balaban J connectivity index is 1.49. The van der Waals surface area contributed by atoms with E-state index >= 15 is 0 Å². The SMILES string of the molecule is C[C@@]1(C(=O)NCc2cccc(F)c2)Cn2nc(-c3ccco3)cc2C(=O)N1Cc1cccc(F)c1. The predicted molar refractivity (Wildman–Crippen MR) is 123 cm³/mol. The van der Waals surface area contributed by atoms with Gasteiger partial charge in [-0.3, -0.25) is 14.3 Å². The third-order valence-corrected chi connectivity index (χ3v) is 6.13. The van der Waals surface area contributed by atoms with E-state index in [0.29, 0.717) is 28.3 Å². The summed E-state index contributed by atoms with van der Waals surface area (Å²) in [7, 11) is 0. The summed E-state index contributed by atoms with van der Waals surface area (Å²) in [6.07, 6.45) is 1.51. The number of hydrogen-bond acceptors (Lipinski definition) is 4. The minimum absolute atomic E-state index is 0.0156. The van der Waals surface area contributed by atoms with Crippen LogP contribution < -0.4 is 5.32 Å². The van der Waals surface area contributed by atoms with Crippen molar-refractivity contribution in [3.05, 3.63) is 101 Å². The molecule has 0 bridgehead atoms. The van der Waals surface area contributed by atoms with E-state index in [1.807, 2.05) is 0 Å². The van der Waals surface area contributed by atoms with Gasteiger partial charge in [0.15, 0.2) is 5.76 Å². The maximum absolute atomic E-state index is 13.9. The molecule has 0 radical (unpaired) electrons. The van der Waals surface area contributed by atoms with E-state index in [0.717, 1.165) is 0 Å². The molecule has 9 heteroatoms. The Hall–Kier alpha value is -4.27. The number of nitrogens with zero attached hydrogens (tertiary/aromatic N) is 3. The van der Waals surface area contributed by atoms with E-state index < -0.39 is 29.0 Å². The maximum Gasteiger partial charge on any atom is 0.273 e. The van der Waals surface area contributed by atoms with Gasteiger partial charge in [0.25, 0.3) is 5.91 Å². The van der Waals surface area contributed by atoms with Crippen LogP contribution in [-0.2, 0) is 24.4 Å². The molecule has 0 fully saturated rings. The number of rotatable bonds is 6. The standard InChI is InChI=1S/C26H22F2N4O3/c1-26(25(34)29-14-17-5-2-7-19(27)11-17)16-32-22(13-21(30-32)23-9-4-10-35-23)24(33)31(26)15-18-6-3-8-20(28)12-18/h2-13H,14-16H2,1H3,(H,29,34)/t26-/m0/s1. The first kappa shape index (κ1) is 22.5. The van der Waals surface area contributed by atoms with Gasteiger partial charge in [0.1, 0.15) is 28.6 Å². The van der Waals surface area contributed by atoms with Crippen LogP contribution in [0, 0.1) is 11.6 Å². The number of amides is 2. The van der Waals surface area contributed by atoms with Gasteiger partial charge in [0.2, 0.25) is 5.91 Å². The number of furan rings is 1. The van der Waals surface area contributed by atoms with Gasteiger partial charge >= 0.3 is 0 Å². The first-order chi connectivity index (χ1) is 16.8. The largest absolute Gasteiger partial charge is 0.463 e. The second kappa shape index (κ2) is 8.83. The number of carbonyl (C=O) groups is 2. The number of fused-ring (bicyclic) bond motifs is 1. The van der Waals surface area contributed by atoms with Crippen LogP contribution in [0.2, 0.25) is 0 Å². The summed E-state index contributed by atoms with van der Waals surface area (Å²) in [4.78, 5) is 28.6. The predicted octanol–water partition coefficient (Wildman–Crippen LogP) is 4.15. The average molecular weight is 476 g/mol. The summed E-state index contributed by atoms with van der Waals surface area (Å²) in [6, 6.07) is 16.9. The fourth-order valence-corrected chi connectivity index (χ4v) is 4.27. The fraction of sp³-hybridized carbons (Fsp3) is 0.192. The lowest BCUT2D eigenvalue weighted by Gasteiger charge is -2.43. The Labute approximate surface area is 200 Å². The van der Waals surface area contributed by atoms with Crippen LogP contribution in [0.15, 0.2) is 77.4 Å². The molecule has 3 heterocycles. The minimum Gasteiger partial charge on any atom is -0.463 e. The zero-order chi connectivity index (χ0) is 24.6. The molecule has 4 aromatic rings. The van der Waals surface area contributed by atoms with Gasteiger partial charge in [-0.05, 0) is 54.4 Å². The topological polar surface area (TPSA) is 80.4 Å². The molecule has 0 aliphatic carbocycles. The Morgan fingerprint density at radius 2 is 1.77 bits per heavy atom. The Kier molecular flexibility index (Phi) is 5.68. The van der Waals surface area contributed by atoms with E-state index in [-0.39, 0.29) is 19.6 Å². The smallest absolute Gasteiger partial charge is 0.273 e.